The first-order chi connectivity index (χ1) is 6.29. The van der Waals surface area contributed by atoms with Gasteiger partial charge in [0.25, 0.3) is 0 Å². The summed E-state index contributed by atoms with van der Waals surface area (Å²) in [7, 11) is 0. The van der Waals surface area contributed by atoms with Crippen LogP contribution in [0.1, 0.15) is 23.3 Å². The average Bonchev–Trinajstić information content (AvgIpc) is 2.29. The van der Waals surface area contributed by atoms with Crippen molar-refractivity contribution in [2.24, 2.45) is 0 Å². The second-order valence-electron chi connectivity index (χ2n) is 3.20. The molecule has 1 aliphatic rings. The van der Waals surface area contributed by atoms with E-state index < -0.39 is 12.2 Å². The molecule has 13 heavy (non-hydrogen) atoms. The summed E-state index contributed by atoms with van der Waals surface area (Å²) in [5.74, 6) is 0. The largest absolute Gasteiger partial charge is 0.386 e. The minimum absolute atomic E-state index is 0.258. The summed E-state index contributed by atoms with van der Waals surface area (Å²) >= 11 is 0. The smallest absolute Gasteiger partial charge is 0.103 e. The van der Waals surface area contributed by atoms with Crippen LogP contribution in [-0.4, -0.2) is 23.4 Å². The highest BCUT2D eigenvalue weighted by atomic mass is 16.5. The first-order valence-corrected chi connectivity index (χ1v) is 4.31. The molecule has 2 atom stereocenters. The lowest BCUT2D eigenvalue weighted by Gasteiger charge is -2.11. The Balaban J connectivity index is 2.45. The van der Waals surface area contributed by atoms with Crippen molar-refractivity contribution in [3.63, 3.8) is 0 Å². The van der Waals surface area contributed by atoms with Gasteiger partial charge in [0, 0.05) is 0 Å². The number of fused-ring (bicyclic) bond motifs is 1. The van der Waals surface area contributed by atoms with Gasteiger partial charge in [-0.25, -0.2) is 0 Å². The van der Waals surface area contributed by atoms with Gasteiger partial charge in [-0.3, -0.25) is 0 Å². The molecule has 0 amide bonds. The molecule has 2 N–H and O–H groups in total. The summed E-state index contributed by atoms with van der Waals surface area (Å²) in [6.07, 6.45) is -1.23. The second-order valence-corrected chi connectivity index (χ2v) is 3.20. The minimum Gasteiger partial charge on any atom is -0.386 e. The fourth-order valence-electron chi connectivity index (χ4n) is 1.59. The van der Waals surface area contributed by atoms with Crippen LogP contribution in [0.25, 0.3) is 0 Å². The fraction of sp³-hybridized carbons (Fsp3) is 0.400. The zero-order valence-corrected chi connectivity index (χ0v) is 7.18. The lowest BCUT2D eigenvalue weighted by Crippen LogP contribution is -2.04. The lowest BCUT2D eigenvalue weighted by atomic mass is 10.00. The van der Waals surface area contributed by atoms with Crippen LogP contribution in [0.5, 0.6) is 0 Å². The van der Waals surface area contributed by atoms with Crippen molar-refractivity contribution in [2.75, 3.05) is 13.2 Å². The predicted octanol–water partition coefficient (Wildman–Crippen LogP) is 0.784. The van der Waals surface area contributed by atoms with Gasteiger partial charge in [-0.05, 0) is 11.1 Å². The van der Waals surface area contributed by atoms with Crippen LogP contribution in [0.3, 0.4) is 0 Å². The van der Waals surface area contributed by atoms with Crippen molar-refractivity contribution in [3.05, 3.63) is 35.4 Å². The number of hydrogen-bond acceptors (Lipinski definition) is 3. The summed E-state index contributed by atoms with van der Waals surface area (Å²) in [6, 6.07) is 7.33. The van der Waals surface area contributed by atoms with Gasteiger partial charge in [-0.2, -0.15) is 0 Å². The molecule has 1 aliphatic heterocycles. The van der Waals surface area contributed by atoms with Crippen LogP contribution in [0.15, 0.2) is 24.3 Å². The quantitative estimate of drug-likeness (QED) is 0.620. The topological polar surface area (TPSA) is 49.7 Å². The fourth-order valence-corrected chi connectivity index (χ4v) is 1.59. The summed E-state index contributed by atoms with van der Waals surface area (Å²) in [5.41, 5.74) is 1.54. The Morgan fingerprint density at radius 2 is 1.46 bits per heavy atom. The van der Waals surface area contributed by atoms with E-state index >= 15 is 0 Å². The Bertz CT molecular complexity index is 269. The molecule has 70 valence electrons. The van der Waals surface area contributed by atoms with Gasteiger partial charge >= 0.3 is 0 Å². The highest BCUT2D eigenvalue weighted by Gasteiger charge is 2.21. The Labute approximate surface area is 76.6 Å². The van der Waals surface area contributed by atoms with E-state index in [0.717, 1.165) is 11.1 Å². The van der Waals surface area contributed by atoms with E-state index in [1.54, 1.807) is 0 Å². The zero-order chi connectivity index (χ0) is 9.26. The van der Waals surface area contributed by atoms with Gasteiger partial charge < -0.3 is 14.9 Å². The normalized spacial score (nSPS) is 27.8. The first kappa shape index (κ1) is 8.69. The monoisotopic (exact) mass is 180 g/mol. The maximum atomic E-state index is 9.62. The van der Waals surface area contributed by atoms with Crippen molar-refractivity contribution in [3.8, 4) is 0 Å². The zero-order valence-electron chi connectivity index (χ0n) is 7.18. The lowest BCUT2D eigenvalue weighted by molar-refractivity contribution is 0.00515. The van der Waals surface area contributed by atoms with E-state index in [0.29, 0.717) is 0 Å². The molecule has 3 nitrogen and oxygen atoms in total. The number of aliphatic hydroxyl groups excluding tert-OH is 2. The van der Waals surface area contributed by atoms with Crippen LogP contribution < -0.4 is 0 Å². The van der Waals surface area contributed by atoms with E-state index in [1.165, 1.54) is 0 Å². The number of benzene rings is 1. The van der Waals surface area contributed by atoms with E-state index in [9.17, 15) is 10.2 Å². The average molecular weight is 180 g/mol. The highest BCUT2D eigenvalue weighted by Crippen LogP contribution is 2.27. The summed E-state index contributed by atoms with van der Waals surface area (Å²) in [6.45, 7) is 0.516. The van der Waals surface area contributed by atoms with Gasteiger partial charge in [0.15, 0.2) is 0 Å². The van der Waals surface area contributed by atoms with Gasteiger partial charge in [-0.15, -0.1) is 0 Å². The number of aliphatic hydroxyl groups is 2. The van der Waals surface area contributed by atoms with Crippen molar-refractivity contribution in [1.82, 2.24) is 0 Å². The standard InChI is InChI=1S/C10H12O3/c11-9-5-13-6-10(12)8-4-2-1-3-7(8)9/h1-4,9-12H,5-6H2. The molecule has 0 radical (unpaired) electrons. The van der Waals surface area contributed by atoms with E-state index in [4.69, 9.17) is 4.74 Å². The number of hydrogen-bond donors (Lipinski definition) is 2. The van der Waals surface area contributed by atoms with Crippen LogP contribution in [0, 0.1) is 0 Å². The number of ether oxygens (including phenoxy) is 1. The van der Waals surface area contributed by atoms with E-state index in [-0.39, 0.29) is 13.2 Å². The molecule has 1 aromatic rings. The van der Waals surface area contributed by atoms with Crippen LogP contribution in [-0.2, 0) is 4.74 Å². The third-order valence-corrected chi connectivity index (χ3v) is 2.27. The molecule has 2 rings (SSSR count). The summed E-state index contributed by atoms with van der Waals surface area (Å²) in [4.78, 5) is 0. The first-order valence-electron chi connectivity index (χ1n) is 4.31. The predicted molar refractivity (Wildman–Crippen MR) is 47.2 cm³/mol. The van der Waals surface area contributed by atoms with E-state index in [1.807, 2.05) is 24.3 Å². The molecule has 0 saturated heterocycles. The van der Waals surface area contributed by atoms with Crippen LogP contribution in [0.2, 0.25) is 0 Å². The molecule has 0 aromatic heterocycles. The minimum atomic E-state index is -0.617. The third kappa shape index (κ3) is 1.58. The molecule has 3 heteroatoms. The second kappa shape index (κ2) is 3.46. The Morgan fingerprint density at radius 3 is 1.92 bits per heavy atom. The molecule has 1 aromatic carbocycles. The van der Waals surface area contributed by atoms with Gasteiger partial charge in [-0.1, -0.05) is 24.3 Å². The summed E-state index contributed by atoms with van der Waals surface area (Å²) < 4.78 is 5.10. The van der Waals surface area contributed by atoms with Gasteiger partial charge in [0.1, 0.15) is 12.2 Å². The van der Waals surface area contributed by atoms with Crippen molar-refractivity contribution in [1.29, 1.82) is 0 Å². The maximum Gasteiger partial charge on any atom is 0.103 e. The molecule has 0 fully saturated rings. The molecular formula is C10H12O3. The molecule has 0 bridgehead atoms. The van der Waals surface area contributed by atoms with Crippen LogP contribution in [0.4, 0.5) is 0 Å². The molecular weight excluding hydrogens is 168 g/mol. The van der Waals surface area contributed by atoms with E-state index in [2.05, 4.69) is 0 Å². The Morgan fingerprint density at radius 1 is 1.00 bits per heavy atom. The Kier molecular flexibility index (Phi) is 2.31. The van der Waals surface area contributed by atoms with Crippen molar-refractivity contribution in [2.45, 2.75) is 12.2 Å². The highest BCUT2D eigenvalue weighted by molar-refractivity contribution is 5.31. The molecule has 0 spiro atoms. The van der Waals surface area contributed by atoms with Gasteiger partial charge in [0.2, 0.25) is 0 Å². The molecule has 0 aliphatic carbocycles. The summed E-state index contributed by atoms with van der Waals surface area (Å²) in [5, 5.41) is 19.2. The van der Waals surface area contributed by atoms with Crippen LogP contribution >= 0.6 is 0 Å². The maximum absolute atomic E-state index is 9.62. The Hall–Kier alpha value is -0.900. The molecule has 0 saturated carbocycles. The SMILES string of the molecule is OC1COCC(O)c2ccccc21. The molecule has 2 unspecified atom stereocenters. The van der Waals surface area contributed by atoms with Crippen molar-refractivity contribution < 1.29 is 14.9 Å². The molecule has 1 heterocycles. The third-order valence-electron chi connectivity index (χ3n) is 2.27. The van der Waals surface area contributed by atoms with Gasteiger partial charge in [0.05, 0.1) is 13.2 Å². The van der Waals surface area contributed by atoms with Crippen molar-refractivity contribution >= 4 is 0 Å². The number of rotatable bonds is 0.